The highest BCUT2D eigenvalue weighted by atomic mass is 32.1. The third-order valence-corrected chi connectivity index (χ3v) is 4.46. The third-order valence-electron chi connectivity index (χ3n) is 3.18. The first-order chi connectivity index (χ1) is 9.61. The fraction of sp³-hybridized carbons (Fsp3) is 0.353. The number of thiophene rings is 1. The number of benzene rings is 1. The Morgan fingerprint density at radius 1 is 1.20 bits per heavy atom. The second-order valence-corrected chi connectivity index (χ2v) is 6.19. The number of carbonyl (C=O) groups is 1. The molecule has 2 nitrogen and oxygen atoms in total. The molecule has 20 heavy (non-hydrogen) atoms. The number of Topliss-reactive ketones (excluding diaryl/α,β-unsaturated/α-hetero) is 1. The topological polar surface area (TPSA) is 26.3 Å². The number of rotatable bonds is 6. The average Bonchev–Trinajstić information content (AvgIpc) is 2.94. The van der Waals surface area contributed by atoms with Crippen molar-refractivity contribution in [3.8, 4) is 5.75 Å². The molecule has 1 aromatic heterocycles. The second kappa shape index (κ2) is 6.71. The quantitative estimate of drug-likeness (QED) is 0.720. The number of hydrogen-bond donors (Lipinski definition) is 0. The Bertz CT molecular complexity index is 584. The van der Waals surface area contributed by atoms with E-state index in [-0.39, 0.29) is 12.4 Å². The van der Waals surface area contributed by atoms with Crippen LogP contribution in [0.3, 0.4) is 0 Å². The minimum atomic E-state index is 0.0493. The molecule has 106 valence electrons. The van der Waals surface area contributed by atoms with Crippen LogP contribution in [-0.2, 0) is 6.42 Å². The van der Waals surface area contributed by atoms with Gasteiger partial charge in [0.1, 0.15) is 5.75 Å². The minimum Gasteiger partial charge on any atom is -0.485 e. The summed E-state index contributed by atoms with van der Waals surface area (Å²) in [5, 5.41) is 0. The zero-order valence-corrected chi connectivity index (χ0v) is 13.0. The molecule has 0 aliphatic carbocycles. The normalized spacial score (nSPS) is 10.8. The lowest BCUT2D eigenvalue weighted by molar-refractivity contribution is 0.0924. The predicted octanol–water partition coefficient (Wildman–Crippen LogP) is 4.70. The van der Waals surface area contributed by atoms with Gasteiger partial charge in [-0.1, -0.05) is 39.0 Å². The summed E-state index contributed by atoms with van der Waals surface area (Å²) in [4.78, 5) is 14.1. The highest BCUT2D eigenvalue weighted by molar-refractivity contribution is 7.14. The SMILES string of the molecule is CCc1ccc(C(=O)COc2ccccc2C(C)C)s1. The minimum absolute atomic E-state index is 0.0493. The number of para-hydroxylation sites is 1. The van der Waals surface area contributed by atoms with E-state index >= 15 is 0 Å². The van der Waals surface area contributed by atoms with Gasteiger partial charge in [0.05, 0.1) is 4.88 Å². The van der Waals surface area contributed by atoms with Crippen molar-refractivity contribution in [3.63, 3.8) is 0 Å². The highest BCUT2D eigenvalue weighted by Crippen LogP contribution is 2.26. The zero-order chi connectivity index (χ0) is 14.5. The van der Waals surface area contributed by atoms with Crippen LogP contribution in [0.1, 0.15) is 46.8 Å². The van der Waals surface area contributed by atoms with Crippen molar-refractivity contribution in [1.82, 2.24) is 0 Å². The van der Waals surface area contributed by atoms with Crippen molar-refractivity contribution in [1.29, 1.82) is 0 Å². The molecule has 0 saturated heterocycles. The number of carbonyl (C=O) groups excluding carboxylic acids is 1. The van der Waals surface area contributed by atoms with Gasteiger partial charge in [0.15, 0.2) is 6.61 Å². The molecule has 2 rings (SSSR count). The van der Waals surface area contributed by atoms with Crippen LogP contribution in [0.25, 0.3) is 0 Å². The highest BCUT2D eigenvalue weighted by Gasteiger charge is 2.12. The van der Waals surface area contributed by atoms with Gasteiger partial charge in [0.25, 0.3) is 0 Å². The van der Waals surface area contributed by atoms with Crippen LogP contribution < -0.4 is 4.74 Å². The number of ether oxygens (including phenoxy) is 1. The molecule has 0 N–H and O–H groups in total. The van der Waals surface area contributed by atoms with Gasteiger partial charge in [-0.05, 0) is 36.1 Å². The van der Waals surface area contributed by atoms with Gasteiger partial charge in [-0.2, -0.15) is 0 Å². The molecule has 0 fully saturated rings. The molecular formula is C17H20O2S. The zero-order valence-electron chi connectivity index (χ0n) is 12.2. The standard InChI is InChI=1S/C17H20O2S/c1-4-13-9-10-17(20-13)15(18)11-19-16-8-6-5-7-14(16)12(2)3/h5-10,12H,4,11H2,1-3H3. The number of aryl methyl sites for hydroxylation is 1. The number of hydrogen-bond acceptors (Lipinski definition) is 3. The molecule has 0 saturated carbocycles. The molecule has 1 aromatic carbocycles. The molecule has 0 radical (unpaired) electrons. The van der Waals surface area contributed by atoms with Gasteiger partial charge in [-0.3, -0.25) is 4.79 Å². The lowest BCUT2D eigenvalue weighted by atomic mass is 10.0. The van der Waals surface area contributed by atoms with Crippen molar-refractivity contribution in [2.45, 2.75) is 33.1 Å². The van der Waals surface area contributed by atoms with Crippen LogP contribution in [0.5, 0.6) is 5.75 Å². The van der Waals surface area contributed by atoms with E-state index in [0.29, 0.717) is 5.92 Å². The van der Waals surface area contributed by atoms with Gasteiger partial charge in [-0.25, -0.2) is 0 Å². The Balaban J connectivity index is 2.03. The monoisotopic (exact) mass is 288 g/mol. The first-order valence-electron chi connectivity index (χ1n) is 6.95. The summed E-state index contributed by atoms with van der Waals surface area (Å²) in [6.45, 7) is 6.44. The third kappa shape index (κ3) is 3.48. The molecule has 0 spiro atoms. The average molecular weight is 288 g/mol. The Labute approximate surface area is 124 Å². The van der Waals surface area contributed by atoms with Crippen molar-refractivity contribution >= 4 is 17.1 Å². The first kappa shape index (κ1) is 14.8. The van der Waals surface area contributed by atoms with Crippen LogP contribution in [0.15, 0.2) is 36.4 Å². The molecule has 0 aliphatic rings. The summed E-state index contributed by atoms with van der Waals surface area (Å²) in [5.74, 6) is 1.24. The largest absolute Gasteiger partial charge is 0.485 e. The molecule has 0 unspecified atom stereocenters. The lowest BCUT2D eigenvalue weighted by Crippen LogP contribution is -2.11. The van der Waals surface area contributed by atoms with Gasteiger partial charge in [0.2, 0.25) is 5.78 Å². The Kier molecular flexibility index (Phi) is 4.96. The van der Waals surface area contributed by atoms with Crippen LogP contribution in [0.4, 0.5) is 0 Å². The molecular weight excluding hydrogens is 268 g/mol. The molecule has 0 bridgehead atoms. The summed E-state index contributed by atoms with van der Waals surface area (Å²) < 4.78 is 5.71. The van der Waals surface area contributed by atoms with E-state index in [1.165, 1.54) is 4.88 Å². The van der Waals surface area contributed by atoms with Crippen molar-refractivity contribution in [2.24, 2.45) is 0 Å². The summed E-state index contributed by atoms with van der Waals surface area (Å²) in [6, 6.07) is 11.8. The molecule has 2 aromatic rings. The second-order valence-electron chi connectivity index (χ2n) is 5.02. The first-order valence-corrected chi connectivity index (χ1v) is 7.77. The fourth-order valence-corrected chi connectivity index (χ4v) is 2.89. The van der Waals surface area contributed by atoms with E-state index in [1.54, 1.807) is 11.3 Å². The van der Waals surface area contributed by atoms with Crippen molar-refractivity contribution in [2.75, 3.05) is 6.61 Å². The molecule has 0 atom stereocenters. The van der Waals surface area contributed by atoms with Gasteiger partial charge < -0.3 is 4.74 Å². The summed E-state index contributed by atoms with van der Waals surface area (Å²) in [6.07, 6.45) is 0.967. The summed E-state index contributed by atoms with van der Waals surface area (Å²) in [7, 11) is 0. The fourth-order valence-electron chi connectivity index (χ4n) is 2.02. The molecule has 1 heterocycles. The maximum Gasteiger partial charge on any atom is 0.210 e. The molecule has 3 heteroatoms. The molecule has 0 amide bonds. The summed E-state index contributed by atoms with van der Waals surface area (Å²) in [5.41, 5.74) is 1.14. The summed E-state index contributed by atoms with van der Waals surface area (Å²) >= 11 is 1.56. The van der Waals surface area contributed by atoms with E-state index < -0.39 is 0 Å². The van der Waals surface area contributed by atoms with Crippen LogP contribution in [0.2, 0.25) is 0 Å². The Morgan fingerprint density at radius 2 is 1.95 bits per heavy atom. The lowest BCUT2D eigenvalue weighted by Gasteiger charge is -2.12. The van der Waals surface area contributed by atoms with E-state index in [9.17, 15) is 4.79 Å². The molecule has 0 aliphatic heterocycles. The van der Waals surface area contributed by atoms with Crippen LogP contribution in [0, 0.1) is 0 Å². The number of ketones is 1. The maximum atomic E-state index is 12.1. The van der Waals surface area contributed by atoms with E-state index in [4.69, 9.17) is 4.74 Å². The van der Waals surface area contributed by atoms with Crippen molar-refractivity contribution in [3.05, 3.63) is 51.7 Å². The Morgan fingerprint density at radius 3 is 2.60 bits per heavy atom. The van der Waals surface area contributed by atoms with Crippen LogP contribution >= 0.6 is 11.3 Å². The van der Waals surface area contributed by atoms with Gasteiger partial charge in [0, 0.05) is 4.88 Å². The van der Waals surface area contributed by atoms with Crippen LogP contribution in [-0.4, -0.2) is 12.4 Å². The Hall–Kier alpha value is -1.61. The van der Waals surface area contributed by atoms with E-state index in [1.807, 2.05) is 36.4 Å². The predicted molar refractivity (Wildman–Crippen MR) is 84.1 cm³/mol. The smallest absolute Gasteiger partial charge is 0.210 e. The van der Waals surface area contributed by atoms with Gasteiger partial charge in [-0.15, -0.1) is 11.3 Å². The van der Waals surface area contributed by atoms with E-state index in [0.717, 1.165) is 22.6 Å². The van der Waals surface area contributed by atoms with Gasteiger partial charge >= 0.3 is 0 Å². The maximum absolute atomic E-state index is 12.1. The van der Waals surface area contributed by atoms with Crippen molar-refractivity contribution < 1.29 is 9.53 Å². The van der Waals surface area contributed by atoms with E-state index in [2.05, 4.69) is 20.8 Å².